The lowest BCUT2D eigenvalue weighted by Gasteiger charge is -2.39. The maximum absolute atomic E-state index is 2.63. The van der Waals surface area contributed by atoms with E-state index in [1.807, 2.05) is 0 Å². The quantitative estimate of drug-likeness (QED) is 0.458. The molecule has 130 valence electrons. The van der Waals surface area contributed by atoms with Crippen LogP contribution in [0.1, 0.15) is 100 Å². The van der Waals surface area contributed by atoms with Gasteiger partial charge in [0.1, 0.15) is 0 Å². The highest BCUT2D eigenvalue weighted by molar-refractivity contribution is 5.11. The molecule has 3 unspecified atom stereocenters. The molecular weight excluding hydrogens is 264 g/mol. The van der Waals surface area contributed by atoms with Gasteiger partial charge < -0.3 is 0 Å². The average Bonchev–Trinajstić information content (AvgIpc) is 2.41. The van der Waals surface area contributed by atoms with Gasteiger partial charge in [0, 0.05) is 0 Å². The monoisotopic (exact) mass is 306 g/mol. The van der Waals surface area contributed by atoms with Gasteiger partial charge in [0.15, 0.2) is 0 Å². The molecule has 1 saturated carbocycles. The molecule has 0 aromatic heterocycles. The van der Waals surface area contributed by atoms with Gasteiger partial charge >= 0.3 is 0 Å². The third kappa shape index (κ3) is 5.74. The highest BCUT2D eigenvalue weighted by Gasteiger charge is 2.32. The van der Waals surface area contributed by atoms with E-state index in [4.69, 9.17) is 0 Å². The van der Waals surface area contributed by atoms with Crippen LogP contribution >= 0.6 is 0 Å². The van der Waals surface area contributed by atoms with Gasteiger partial charge in [0.25, 0.3) is 0 Å². The van der Waals surface area contributed by atoms with E-state index in [1.54, 1.807) is 5.57 Å². The molecule has 1 aliphatic carbocycles. The summed E-state index contributed by atoms with van der Waals surface area (Å²) in [7, 11) is 0. The first kappa shape index (κ1) is 19.8. The van der Waals surface area contributed by atoms with E-state index in [-0.39, 0.29) is 0 Å². The van der Waals surface area contributed by atoms with Crippen LogP contribution in [0.15, 0.2) is 11.6 Å². The molecule has 0 heterocycles. The lowest BCUT2D eigenvalue weighted by molar-refractivity contribution is 0.167. The second-order valence-electron chi connectivity index (χ2n) is 9.77. The first-order chi connectivity index (χ1) is 10.1. The van der Waals surface area contributed by atoms with E-state index in [1.165, 1.54) is 44.9 Å². The van der Waals surface area contributed by atoms with Crippen LogP contribution in [0.2, 0.25) is 0 Å². The zero-order valence-corrected chi connectivity index (χ0v) is 16.8. The third-order valence-electron chi connectivity index (χ3n) is 6.23. The Labute approximate surface area is 141 Å². The topological polar surface area (TPSA) is 0 Å². The molecule has 0 bridgehead atoms. The lowest BCUT2D eigenvalue weighted by atomic mass is 9.66. The molecule has 0 N–H and O–H groups in total. The summed E-state index contributed by atoms with van der Waals surface area (Å²) in [4.78, 5) is 0. The van der Waals surface area contributed by atoms with Crippen LogP contribution in [0.5, 0.6) is 0 Å². The normalized spacial score (nSPS) is 27.2. The van der Waals surface area contributed by atoms with E-state index < -0.39 is 0 Å². The molecule has 0 nitrogen and oxygen atoms in total. The minimum atomic E-state index is 0.460. The first-order valence-electron chi connectivity index (χ1n) is 9.78. The highest BCUT2D eigenvalue weighted by Crippen LogP contribution is 2.44. The van der Waals surface area contributed by atoms with Crippen LogP contribution in [0.3, 0.4) is 0 Å². The Morgan fingerprint density at radius 2 is 1.73 bits per heavy atom. The number of hydrogen-bond acceptors (Lipinski definition) is 0. The molecule has 0 spiro atoms. The van der Waals surface area contributed by atoms with Crippen LogP contribution in [-0.2, 0) is 0 Å². The standard InChI is InChI=1S/C22H42/c1-9-17-16-20(22(6,7)8)15-14-18(17)12-11-13-19(10-2)21(3,4)5/h12,17,19-20H,9-11,13-16H2,1-8H3/b18-12+. The fourth-order valence-electron chi connectivity index (χ4n) is 4.36. The summed E-state index contributed by atoms with van der Waals surface area (Å²) in [6.45, 7) is 19.2. The van der Waals surface area contributed by atoms with Crippen molar-refractivity contribution < 1.29 is 0 Å². The molecular formula is C22H42. The Hall–Kier alpha value is -0.260. The van der Waals surface area contributed by atoms with Gasteiger partial charge in [-0.1, -0.05) is 73.5 Å². The van der Waals surface area contributed by atoms with Crippen molar-refractivity contribution in [3.63, 3.8) is 0 Å². The second-order valence-corrected chi connectivity index (χ2v) is 9.77. The van der Waals surface area contributed by atoms with Crippen LogP contribution in [0.4, 0.5) is 0 Å². The van der Waals surface area contributed by atoms with Crippen molar-refractivity contribution in [1.29, 1.82) is 0 Å². The van der Waals surface area contributed by atoms with Crippen molar-refractivity contribution >= 4 is 0 Å². The summed E-state index contributed by atoms with van der Waals surface area (Å²) in [5, 5.41) is 0. The second kappa shape index (κ2) is 8.02. The average molecular weight is 307 g/mol. The first-order valence-corrected chi connectivity index (χ1v) is 9.78. The third-order valence-corrected chi connectivity index (χ3v) is 6.23. The zero-order chi connectivity index (χ0) is 17.0. The smallest absolute Gasteiger partial charge is 0.0203 e. The summed E-state index contributed by atoms with van der Waals surface area (Å²) in [5.41, 5.74) is 2.73. The van der Waals surface area contributed by atoms with Gasteiger partial charge in [-0.2, -0.15) is 0 Å². The van der Waals surface area contributed by atoms with E-state index in [0.717, 1.165) is 17.8 Å². The molecule has 3 atom stereocenters. The van der Waals surface area contributed by atoms with Crippen molar-refractivity contribution in [2.75, 3.05) is 0 Å². The van der Waals surface area contributed by atoms with Gasteiger partial charge in [-0.25, -0.2) is 0 Å². The molecule has 1 aliphatic rings. The molecule has 0 amide bonds. The SMILES string of the molecule is CCC1CC(C(C)(C)C)CC/C1=C\CCC(CC)C(C)(C)C. The van der Waals surface area contributed by atoms with E-state index in [0.29, 0.717) is 10.8 Å². The number of allylic oxidation sites excluding steroid dienone is 2. The van der Waals surface area contributed by atoms with Crippen molar-refractivity contribution in [3.8, 4) is 0 Å². The molecule has 0 radical (unpaired) electrons. The summed E-state index contributed by atoms with van der Waals surface area (Å²) >= 11 is 0. The Bertz CT molecular complexity index is 347. The van der Waals surface area contributed by atoms with Crippen LogP contribution in [-0.4, -0.2) is 0 Å². The Morgan fingerprint density at radius 3 is 2.18 bits per heavy atom. The van der Waals surface area contributed by atoms with Crippen molar-refractivity contribution in [3.05, 3.63) is 11.6 Å². The predicted molar refractivity (Wildman–Crippen MR) is 101 cm³/mol. The molecule has 0 aliphatic heterocycles. The minimum Gasteiger partial charge on any atom is -0.0850 e. The number of rotatable bonds is 5. The molecule has 22 heavy (non-hydrogen) atoms. The van der Waals surface area contributed by atoms with E-state index in [2.05, 4.69) is 61.5 Å². The molecule has 0 aromatic rings. The van der Waals surface area contributed by atoms with E-state index in [9.17, 15) is 0 Å². The van der Waals surface area contributed by atoms with Gasteiger partial charge in [-0.3, -0.25) is 0 Å². The fourth-order valence-corrected chi connectivity index (χ4v) is 4.36. The Balaban J connectivity index is 2.61. The Morgan fingerprint density at radius 1 is 1.09 bits per heavy atom. The van der Waals surface area contributed by atoms with Crippen molar-refractivity contribution in [1.82, 2.24) is 0 Å². The van der Waals surface area contributed by atoms with Crippen molar-refractivity contribution in [2.24, 2.45) is 28.6 Å². The molecule has 1 fully saturated rings. The van der Waals surface area contributed by atoms with Crippen LogP contribution < -0.4 is 0 Å². The molecule has 0 aromatic carbocycles. The van der Waals surface area contributed by atoms with Crippen molar-refractivity contribution in [2.45, 2.75) is 100 Å². The highest BCUT2D eigenvalue weighted by atomic mass is 14.4. The Kier molecular flexibility index (Phi) is 7.21. The summed E-state index contributed by atoms with van der Waals surface area (Å²) in [5.74, 6) is 2.62. The molecule has 0 saturated heterocycles. The minimum absolute atomic E-state index is 0.460. The maximum atomic E-state index is 2.63. The number of hydrogen-bond donors (Lipinski definition) is 0. The predicted octanol–water partition coefficient (Wildman–Crippen LogP) is 7.64. The maximum Gasteiger partial charge on any atom is -0.0203 e. The summed E-state index contributed by atoms with van der Waals surface area (Å²) in [6, 6.07) is 0. The van der Waals surface area contributed by atoms with Crippen LogP contribution in [0.25, 0.3) is 0 Å². The zero-order valence-electron chi connectivity index (χ0n) is 16.8. The largest absolute Gasteiger partial charge is 0.0850 e. The van der Waals surface area contributed by atoms with E-state index >= 15 is 0 Å². The summed E-state index contributed by atoms with van der Waals surface area (Å²) in [6.07, 6.45) is 12.1. The molecule has 1 rings (SSSR count). The summed E-state index contributed by atoms with van der Waals surface area (Å²) < 4.78 is 0. The lowest BCUT2D eigenvalue weighted by Crippen LogP contribution is -2.28. The van der Waals surface area contributed by atoms with Gasteiger partial charge in [-0.05, 0) is 67.1 Å². The van der Waals surface area contributed by atoms with Gasteiger partial charge in [0.2, 0.25) is 0 Å². The van der Waals surface area contributed by atoms with Gasteiger partial charge in [-0.15, -0.1) is 0 Å². The molecule has 0 heteroatoms. The van der Waals surface area contributed by atoms with Gasteiger partial charge in [0.05, 0.1) is 0 Å². The fraction of sp³-hybridized carbons (Fsp3) is 0.909. The van der Waals surface area contributed by atoms with Crippen LogP contribution in [0, 0.1) is 28.6 Å².